The zero-order valence-electron chi connectivity index (χ0n) is 12.1. The quantitative estimate of drug-likeness (QED) is 0.792. The molecule has 0 saturated heterocycles. The minimum atomic E-state index is -0.377. The van der Waals surface area contributed by atoms with Crippen molar-refractivity contribution in [3.8, 4) is 0 Å². The van der Waals surface area contributed by atoms with Crippen molar-refractivity contribution in [2.24, 2.45) is 0 Å². The first-order chi connectivity index (χ1) is 10.1. The number of carbonyl (C=O) groups excluding carboxylic acids is 1. The lowest BCUT2D eigenvalue weighted by molar-refractivity contribution is 0.108. The molecule has 2 nitrogen and oxygen atoms in total. The third kappa shape index (κ3) is 3.02. The van der Waals surface area contributed by atoms with Crippen molar-refractivity contribution in [2.75, 3.05) is 6.54 Å². The van der Waals surface area contributed by atoms with E-state index in [4.69, 9.17) is 11.6 Å². The first kappa shape index (κ1) is 14.3. The van der Waals surface area contributed by atoms with E-state index in [0.29, 0.717) is 11.6 Å². The molecule has 1 unspecified atom stereocenters. The van der Waals surface area contributed by atoms with Crippen molar-refractivity contribution in [2.45, 2.75) is 25.9 Å². The van der Waals surface area contributed by atoms with Crippen LogP contribution in [0.15, 0.2) is 48.5 Å². The van der Waals surface area contributed by atoms with Gasteiger partial charge in [-0.05, 0) is 53.8 Å². The van der Waals surface area contributed by atoms with Crippen LogP contribution >= 0.6 is 11.6 Å². The highest BCUT2D eigenvalue weighted by Gasteiger charge is 2.22. The average molecular weight is 300 g/mol. The molecule has 0 bridgehead atoms. The van der Waals surface area contributed by atoms with E-state index in [9.17, 15) is 4.79 Å². The number of rotatable bonds is 3. The summed E-state index contributed by atoms with van der Waals surface area (Å²) in [6.45, 7) is 4.17. The molecule has 1 heterocycles. The van der Waals surface area contributed by atoms with Crippen LogP contribution in [0.3, 0.4) is 0 Å². The van der Waals surface area contributed by atoms with Gasteiger partial charge in [-0.3, -0.25) is 9.69 Å². The van der Waals surface area contributed by atoms with Gasteiger partial charge in [0.15, 0.2) is 0 Å². The van der Waals surface area contributed by atoms with Crippen LogP contribution in [0, 0.1) is 0 Å². The molecule has 0 N–H and O–H groups in total. The van der Waals surface area contributed by atoms with Gasteiger partial charge in [-0.2, -0.15) is 0 Å². The monoisotopic (exact) mass is 299 g/mol. The summed E-state index contributed by atoms with van der Waals surface area (Å²) in [5.74, 6) is 0. The molecule has 3 heteroatoms. The van der Waals surface area contributed by atoms with Crippen LogP contribution in [0.1, 0.15) is 40.0 Å². The van der Waals surface area contributed by atoms with E-state index < -0.39 is 0 Å². The maximum absolute atomic E-state index is 11.2. The van der Waals surface area contributed by atoms with Crippen molar-refractivity contribution >= 4 is 16.8 Å². The van der Waals surface area contributed by atoms with E-state index in [2.05, 4.69) is 36.1 Å². The van der Waals surface area contributed by atoms with Gasteiger partial charge >= 0.3 is 0 Å². The fourth-order valence-corrected chi connectivity index (χ4v) is 3.09. The molecule has 0 aliphatic carbocycles. The number of benzene rings is 2. The molecule has 1 aliphatic heterocycles. The Morgan fingerprint density at radius 3 is 2.62 bits per heavy atom. The zero-order valence-corrected chi connectivity index (χ0v) is 12.8. The van der Waals surface area contributed by atoms with E-state index in [1.165, 1.54) is 16.7 Å². The van der Waals surface area contributed by atoms with Crippen molar-refractivity contribution in [3.05, 3.63) is 70.8 Å². The van der Waals surface area contributed by atoms with E-state index in [1.807, 2.05) is 24.3 Å². The number of fused-ring (bicyclic) bond motifs is 1. The zero-order chi connectivity index (χ0) is 14.8. The fraction of sp³-hybridized carbons (Fsp3) is 0.278. The molecule has 0 spiro atoms. The third-order valence-corrected chi connectivity index (χ3v) is 4.52. The molecule has 1 atom stereocenters. The van der Waals surface area contributed by atoms with Gasteiger partial charge < -0.3 is 0 Å². The van der Waals surface area contributed by atoms with Crippen molar-refractivity contribution < 1.29 is 4.79 Å². The Morgan fingerprint density at radius 2 is 1.90 bits per heavy atom. The van der Waals surface area contributed by atoms with Gasteiger partial charge in [0.25, 0.3) is 5.24 Å². The Morgan fingerprint density at radius 1 is 1.14 bits per heavy atom. The molecule has 21 heavy (non-hydrogen) atoms. The maximum atomic E-state index is 11.2. The number of halogens is 1. The molecule has 108 valence electrons. The van der Waals surface area contributed by atoms with Crippen LogP contribution in [0.25, 0.3) is 0 Å². The highest BCUT2D eigenvalue weighted by atomic mass is 35.5. The molecule has 0 saturated carbocycles. The van der Waals surface area contributed by atoms with Gasteiger partial charge in [-0.1, -0.05) is 36.4 Å². The predicted octanol–water partition coefficient (Wildman–Crippen LogP) is 4.18. The van der Waals surface area contributed by atoms with Crippen molar-refractivity contribution in [3.63, 3.8) is 0 Å². The molecule has 0 amide bonds. The van der Waals surface area contributed by atoms with Crippen LogP contribution in [-0.2, 0) is 13.0 Å². The van der Waals surface area contributed by atoms with Crippen LogP contribution in [0.4, 0.5) is 0 Å². The van der Waals surface area contributed by atoms with Gasteiger partial charge in [0, 0.05) is 24.7 Å². The Labute approximate surface area is 130 Å². The fourth-order valence-electron chi connectivity index (χ4n) is 2.97. The van der Waals surface area contributed by atoms with Crippen LogP contribution < -0.4 is 0 Å². The smallest absolute Gasteiger partial charge is 0.252 e. The van der Waals surface area contributed by atoms with Crippen LogP contribution in [0.5, 0.6) is 0 Å². The summed E-state index contributed by atoms with van der Waals surface area (Å²) in [6.07, 6.45) is 0.963. The number of hydrogen-bond donors (Lipinski definition) is 0. The molecule has 1 aliphatic rings. The van der Waals surface area contributed by atoms with Gasteiger partial charge in [-0.15, -0.1) is 0 Å². The minimum absolute atomic E-state index is 0.377. The largest absolute Gasteiger partial charge is 0.292 e. The van der Waals surface area contributed by atoms with Gasteiger partial charge in [-0.25, -0.2) is 0 Å². The number of nitrogens with zero attached hydrogens (tertiary/aromatic N) is 1. The van der Waals surface area contributed by atoms with Crippen molar-refractivity contribution in [1.82, 2.24) is 4.90 Å². The first-order valence-electron chi connectivity index (χ1n) is 7.26. The minimum Gasteiger partial charge on any atom is -0.292 e. The molecule has 0 fully saturated rings. The van der Waals surface area contributed by atoms with Crippen molar-refractivity contribution in [1.29, 1.82) is 0 Å². The second-order valence-electron chi connectivity index (χ2n) is 5.56. The summed E-state index contributed by atoms with van der Waals surface area (Å²) < 4.78 is 0. The summed E-state index contributed by atoms with van der Waals surface area (Å²) >= 11 is 5.56. The Kier molecular flexibility index (Phi) is 4.09. The van der Waals surface area contributed by atoms with Gasteiger partial charge in [0.2, 0.25) is 0 Å². The summed E-state index contributed by atoms with van der Waals surface area (Å²) in [5, 5.41) is -0.377. The van der Waals surface area contributed by atoms with E-state index in [-0.39, 0.29) is 5.24 Å². The van der Waals surface area contributed by atoms with E-state index >= 15 is 0 Å². The molecular weight excluding hydrogens is 282 g/mol. The Balaban J connectivity index is 1.80. The number of hydrogen-bond acceptors (Lipinski definition) is 2. The highest BCUT2D eigenvalue weighted by molar-refractivity contribution is 6.67. The lowest BCUT2D eigenvalue weighted by atomic mass is 9.95. The molecule has 2 aromatic carbocycles. The molecule has 2 aromatic rings. The van der Waals surface area contributed by atoms with E-state index in [0.717, 1.165) is 19.5 Å². The lowest BCUT2D eigenvalue weighted by Crippen LogP contribution is -2.33. The summed E-state index contributed by atoms with van der Waals surface area (Å²) in [7, 11) is 0. The normalized spacial score (nSPS) is 16.3. The molecular formula is C18H18ClNO. The highest BCUT2D eigenvalue weighted by Crippen LogP contribution is 2.28. The van der Waals surface area contributed by atoms with E-state index in [1.54, 1.807) is 0 Å². The molecule has 3 rings (SSSR count). The van der Waals surface area contributed by atoms with Crippen LogP contribution in [-0.4, -0.2) is 16.7 Å². The van der Waals surface area contributed by atoms with Crippen LogP contribution in [0.2, 0.25) is 0 Å². The first-order valence-corrected chi connectivity index (χ1v) is 7.63. The Hall–Kier alpha value is -1.64. The maximum Gasteiger partial charge on any atom is 0.252 e. The molecule has 0 radical (unpaired) electrons. The summed E-state index contributed by atoms with van der Waals surface area (Å²) in [5.41, 5.74) is 4.48. The second kappa shape index (κ2) is 6.00. The van der Waals surface area contributed by atoms with Gasteiger partial charge in [0.1, 0.15) is 0 Å². The number of carbonyl (C=O) groups is 1. The Bertz CT molecular complexity index is 654. The predicted molar refractivity (Wildman–Crippen MR) is 85.6 cm³/mol. The van der Waals surface area contributed by atoms with Gasteiger partial charge in [0.05, 0.1) is 0 Å². The average Bonchev–Trinajstić information content (AvgIpc) is 2.54. The summed E-state index contributed by atoms with van der Waals surface area (Å²) in [6, 6.07) is 16.8. The SMILES string of the molecule is CC(c1ccccc1)N1CCc2cc(C(=O)Cl)ccc2C1. The topological polar surface area (TPSA) is 20.3 Å². The lowest BCUT2D eigenvalue weighted by Gasteiger charge is -2.34. The third-order valence-electron chi connectivity index (χ3n) is 4.30. The second-order valence-corrected chi connectivity index (χ2v) is 5.91. The standard InChI is InChI=1S/C18H18ClNO/c1-13(14-5-3-2-4-6-14)20-10-9-15-11-16(18(19)21)7-8-17(15)12-20/h2-8,11,13H,9-10,12H2,1H3. The summed E-state index contributed by atoms with van der Waals surface area (Å²) in [4.78, 5) is 13.7. The molecule has 0 aromatic heterocycles.